The lowest BCUT2D eigenvalue weighted by Crippen LogP contribution is -2.31. The maximum atomic E-state index is 10.8. The number of nitrogens with one attached hydrogen (secondary N) is 2. The van der Waals surface area contributed by atoms with Gasteiger partial charge in [0.15, 0.2) is 0 Å². The molecule has 2 N–H and O–H groups in total. The summed E-state index contributed by atoms with van der Waals surface area (Å²) in [6.07, 6.45) is 5.61. The predicted octanol–water partition coefficient (Wildman–Crippen LogP) is 4.99. The molecule has 4 nitrogen and oxygen atoms in total. The van der Waals surface area contributed by atoms with Gasteiger partial charge < -0.3 is 15.5 Å². The van der Waals surface area contributed by atoms with Gasteiger partial charge in [-0.05, 0) is 73.4 Å². The summed E-state index contributed by atoms with van der Waals surface area (Å²) in [4.78, 5) is 13.2. The van der Waals surface area contributed by atoms with Crippen molar-refractivity contribution in [1.29, 1.82) is 0 Å². The topological polar surface area (TPSA) is 44.4 Å². The molecule has 2 aromatic carbocycles. The van der Waals surface area contributed by atoms with E-state index in [0.29, 0.717) is 12.0 Å². The van der Waals surface area contributed by atoms with Gasteiger partial charge in [0.25, 0.3) is 0 Å². The van der Waals surface area contributed by atoms with E-state index >= 15 is 0 Å². The summed E-state index contributed by atoms with van der Waals surface area (Å²) in [5.74, 6) is 0.615. The number of piperidine rings is 1. The molecule has 4 rings (SSSR count). The molecule has 28 heavy (non-hydrogen) atoms. The Balaban J connectivity index is 1.36. The van der Waals surface area contributed by atoms with Gasteiger partial charge in [-0.3, -0.25) is 4.79 Å². The maximum absolute atomic E-state index is 10.8. The zero-order valence-electron chi connectivity index (χ0n) is 16.6. The first kappa shape index (κ1) is 18.6. The number of hydrogen-bond acceptors (Lipinski definition) is 3. The van der Waals surface area contributed by atoms with Gasteiger partial charge in [-0.1, -0.05) is 30.8 Å². The van der Waals surface area contributed by atoms with Crippen molar-refractivity contribution >= 4 is 23.5 Å². The molecular weight excluding hydrogens is 346 g/mol. The number of carbonyl (C=O) groups is 1. The first-order valence-electron chi connectivity index (χ1n) is 10.3. The number of anilines is 2. The Hall–Kier alpha value is -2.75. The second kappa shape index (κ2) is 8.09. The fourth-order valence-electron chi connectivity index (χ4n) is 4.00. The number of carbonyl (C=O) groups excluding carboxylic acids is 1. The lowest BCUT2D eigenvalue weighted by atomic mass is 9.89. The summed E-state index contributed by atoms with van der Waals surface area (Å²) in [7, 11) is 0. The minimum Gasteiger partial charge on any atom is -0.382 e. The highest BCUT2D eigenvalue weighted by molar-refractivity contribution is 5.76. The van der Waals surface area contributed by atoms with E-state index in [2.05, 4.69) is 52.4 Å². The zero-order chi connectivity index (χ0) is 19.5. The number of amides is 1. The Morgan fingerprint density at radius 2 is 1.79 bits per heavy atom. The van der Waals surface area contributed by atoms with E-state index in [4.69, 9.17) is 0 Å². The second-order valence-electron chi connectivity index (χ2n) is 8.04. The molecule has 0 radical (unpaired) electrons. The third-order valence-electron chi connectivity index (χ3n) is 5.99. The molecule has 1 amide bonds. The standard InChI is InChI=1S/C24H29N3O/c1-17-3-4-21(15-24(17)25-16-28)18(2)27-13-11-20(12-14-27)19-5-7-22(8-6-19)26-23-9-10-23/h3-8,15-16,20,23,26H,2,9-14H2,1H3,(H,25,28). The smallest absolute Gasteiger partial charge is 0.211 e. The van der Waals surface area contributed by atoms with Crippen molar-refractivity contribution in [1.82, 2.24) is 4.90 Å². The second-order valence-corrected chi connectivity index (χ2v) is 8.04. The first-order chi connectivity index (χ1) is 13.6. The summed E-state index contributed by atoms with van der Waals surface area (Å²) in [6, 6.07) is 15.9. The van der Waals surface area contributed by atoms with Gasteiger partial charge >= 0.3 is 0 Å². The van der Waals surface area contributed by atoms with Crippen LogP contribution in [0.3, 0.4) is 0 Å². The summed E-state index contributed by atoms with van der Waals surface area (Å²) < 4.78 is 0. The normalized spacial score (nSPS) is 17.2. The predicted molar refractivity (Wildman–Crippen MR) is 117 cm³/mol. The molecule has 1 aliphatic carbocycles. The molecule has 2 aliphatic rings. The monoisotopic (exact) mass is 375 g/mol. The van der Waals surface area contributed by atoms with Gasteiger partial charge in [0.05, 0.1) is 0 Å². The van der Waals surface area contributed by atoms with Gasteiger partial charge in [-0.25, -0.2) is 0 Å². The van der Waals surface area contributed by atoms with Gasteiger partial charge in [0.2, 0.25) is 6.41 Å². The molecule has 0 atom stereocenters. The summed E-state index contributed by atoms with van der Waals surface area (Å²) in [5, 5.41) is 6.33. The third-order valence-corrected chi connectivity index (χ3v) is 5.99. The Bertz CT molecular complexity index is 847. The van der Waals surface area contributed by atoms with Gasteiger partial charge in [-0.15, -0.1) is 0 Å². The Morgan fingerprint density at radius 1 is 1.07 bits per heavy atom. The minimum atomic E-state index is 0.615. The molecule has 0 spiro atoms. The fraction of sp³-hybridized carbons (Fsp3) is 0.375. The van der Waals surface area contributed by atoms with Crippen LogP contribution in [0.5, 0.6) is 0 Å². The summed E-state index contributed by atoms with van der Waals surface area (Å²) in [6.45, 7) is 8.34. The average molecular weight is 376 g/mol. The van der Waals surface area contributed by atoms with Crippen LogP contribution in [-0.2, 0) is 4.79 Å². The lowest BCUT2D eigenvalue weighted by Gasteiger charge is -2.35. The van der Waals surface area contributed by atoms with Crippen molar-refractivity contribution in [3.8, 4) is 0 Å². The average Bonchev–Trinajstić information content (AvgIpc) is 3.54. The quantitative estimate of drug-likeness (QED) is 0.670. The molecule has 1 saturated carbocycles. The van der Waals surface area contributed by atoms with E-state index in [9.17, 15) is 4.79 Å². The maximum Gasteiger partial charge on any atom is 0.211 e. The minimum absolute atomic E-state index is 0.615. The Morgan fingerprint density at radius 3 is 2.43 bits per heavy atom. The van der Waals surface area contributed by atoms with Crippen molar-refractivity contribution in [3.63, 3.8) is 0 Å². The molecule has 0 aromatic heterocycles. The number of rotatable bonds is 7. The van der Waals surface area contributed by atoms with Crippen LogP contribution in [0.25, 0.3) is 5.70 Å². The van der Waals surface area contributed by atoms with E-state index in [0.717, 1.165) is 54.9 Å². The van der Waals surface area contributed by atoms with E-state index in [1.807, 2.05) is 19.1 Å². The van der Waals surface area contributed by atoms with Crippen LogP contribution in [0.2, 0.25) is 0 Å². The van der Waals surface area contributed by atoms with Crippen LogP contribution < -0.4 is 10.6 Å². The van der Waals surface area contributed by atoms with Crippen LogP contribution in [-0.4, -0.2) is 30.4 Å². The van der Waals surface area contributed by atoms with E-state index in [1.165, 1.54) is 24.1 Å². The largest absolute Gasteiger partial charge is 0.382 e. The highest BCUT2D eigenvalue weighted by Gasteiger charge is 2.23. The lowest BCUT2D eigenvalue weighted by molar-refractivity contribution is -0.105. The van der Waals surface area contributed by atoms with Crippen molar-refractivity contribution in [2.24, 2.45) is 0 Å². The number of likely N-dealkylation sites (tertiary alicyclic amines) is 1. The number of aryl methyl sites for hydroxylation is 1. The van der Waals surface area contributed by atoms with Crippen molar-refractivity contribution in [2.75, 3.05) is 23.7 Å². The molecule has 0 bridgehead atoms. The molecular formula is C24H29N3O. The van der Waals surface area contributed by atoms with Crippen LogP contribution >= 0.6 is 0 Å². The van der Waals surface area contributed by atoms with Crippen LogP contribution in [0.1, 0.15) is 48.3 Å². The number of nitrogens with zero attached hydrogens (tertiary/aromatic N) is 1. The van der Waals surface area contributed by atoms with Gasteiger partial charge in [0, 0.05) is 36.2 Å². The van der Waals surface area contributed by atoms with Crippen LogP contribution in [0.4, 0.5) is 11.4 Å². The van der Waals surface area contributed by atoms with Crippen molar-refractivity contribution in [2.45, 2.75) is 44.6 Å². The summed E-state index contributed by atoms with van der Waals surface area (Å²) in [5.41, 5.74) is 6.71. The molecule has 1 aliphatic heterocycles. The number of hydrogen-bond donors (Lipinski definition) is 2. The fourth-order valence-corrected chi connectivity index (χ4v) is 4.00. The van der Waals surface area contributed by atoms with Crippen molar-refractivity contribution in [3.05, 3.63) is 65.7 Å². The molecule has 0 unspecified atom stereocenters. The molecule has 2 fully saturated rings. The van der Waals surface area contributed by atoms with Crippen LogP contribution in [0.15, 0.2) is 49.0 Å². The highest BCUT2D eigenvalue weighted by atomic mass is 16.1. The highest BCUT2D eigenvalue weighted by Crippen LogP contribution is 2.33. The molecule has 4 heteroatoms. The molecule has 1 saturated heterocycles. The zero-order valence-corrected chi connectivity index (χ0v) is 16.6. The Kier molecular flexibility index (Phi) is 5.38. The van der Waals surface area contributed by atoms with Crippen molar-refractivity contribution < 1.29 is 4.79 Å². The van der Waals surface area contributed by atoms with Crippen LogP contribution in [0, 0.1) is 6.92 Å². The van der Waals surface area contributed by atoms with E-state index in [1.54, 1.807) is 0 Å². The van der Waals surface area contributed by atoms with Gasteiger partial charge in [0.1, 0.15) is 0 Å². The Labute approximate surface area is 167 Å². The van der Waals surface area contributed by atoms with E-state index in [-0.39, 0.29) is 0 Å². The summed E-state index contributed by atoms with van der Waals surface area (Å²) >= 11 is 0. The molecule has 2 aromatic rings. The van der Waals surface area contributed by atoms with Gasteiger partial charge in [-0.2, -0.15) is 0 Å². The molecule has 146 valence electrons. The first-order valence-corrected chi connectivity index (χ1v) is 10.3. The third kappa shape index (κ3) is 4.22. The van der Waals surface area contributed by atoms with E-state index < -0.39 is 0 Å². The number of benzene rings is 2. The SMILES string of the molecule is C=C(c1ccc(C)c(NC=O)c1)N1CCC(c2ccc(NC3CC3)cc2)CC1. The molecule has 1 heterocycles.